The summed E-state index contributed by atoms with van der Waals surface area (Å²) in [6.45, 7) is 0. The highest BCUT2D eigenvalue weighted by atomic mass is 19.1. The molecule has 0 atom stereocenters. The maximum Gasteiger partial charge on any atom is 0.228 e. The highest BCUT2D eigenvalue weighted by Crippen LogP contribution is 2.17. The Morgan fingerprint density at radius 2 is 1.72 bits per heavy atom. The first-order valence-electron chi connectivity index (χ1n) is 7.61. The van der Waals surface area contributed by atoms with Crippen molar-refractivity contribution < 1.29 is 13.6 Å². The Morgan fingerprint density at radius 1 is 0.920 bits per heavy atom. The van der Waals surface area contributed by atoms with Crippen LogP contribution in [0.15, 0.2) is 66.9 Å². The molecule has 0 aliphatic heterocycles. The molecule has 2 aromatic carbocycles. The minimum absolute atomic E-state index is 0.142. The predicted octanol–water partition coefficient (Wildman–Crippen LogP) is 4.28. The normalized spacial score (nSPS) is 10.3. The quantitative estimate of drug-likeness (QED) is 0.729. The van der Waals surface area contributed by atoms with Gasteiger partial charge in [0, 0.05) is 5.69 Å². The number of halogens is 2. The van der Waals surface area contributed by atoms with Crippen molar-refractivity contribution in [1.82, 2.24) is 4.98 Å². The first kappa shape index (κ1) is 16.6. The molecule has 0 saturated carbocycles. The van der Waals surface area contributed by atoms with E-state index in [0.717, 1.165) is 5.56 Å². The van der Waals surface area contributed by atoms with E-state index < -0.39 is 0 Å². The second-order valence-electron chi connectivity index (χ2n) is 5.42. The van der Waals surface area contributed by atoms with Crippen LogP contribution in [0.2, 0.25) is 0 Å². The molecule has 1 aromatic heterocycles. The monoisotopic (exact) mass is 339 g/mol. The van der Waals surface area contributed by atoms with E-state index in [1.807, 2.05) is 0 Å². The van der Waals surface area contributed by atoms with Gasteiger partial charge in [0.05, 0.1) is 18.3 Å². The molecule has 0 spiro atoms. The third-order valence-corrected chi connectivity index (χ3v) is 3.42. The lowest BCUT2D eigenvalue weighted by molar-refractivity contribution is -0.115. The zero-order valence-electron chi connectivity index (χ0n) is 13.2. The fraction of sp³-hybridized carbons (Fsp3) is 0.0526. The van der Waals surface area contributed by atoms with E-state index in [1.165, 1.54) is 30.5 Å². The Hall–Kier alpha value is -3.28. The highest BCUT2D eigenvalue weighted by Gasteiger charge is 2.05. The van der Waals surface area contributed by atoms with Crippen LogP contribution in [-0.2, 0) is 11.2 Å². The van der Waals surface area contributed by atoms with Crippen molar-refractivity contribution in [3.8, 4) is 0 Å². The minimum Gasteiger partial charge on any atom is -0.340 e. The van der Waals surface area contributed by atoms with E-state index in [4.69, 9.17) is 0 Å². The SMILES string of the molecule is O=C(Cc1ccc(F)cc1)Nc1ccc(Nc2cccc(F)c2)nc1. The summed E-state index contributed by atoms with van der Waals surface area (Å²) in [5.74, 6) is -0.370. The van der Waals surface area contributed by atoms with Crippen molar-refractivity contribution >= 4 is 23.1 Å². The molecule has 25 heavy (non-hydrogen) atoms. The summed E-state index contributed by atoms with van der Waals surface area (Å²) in [6.07, 6.45) is 1.65. The molecule has 0 aliphatic carbocycles. The Balaban J connectivity index is 1.58. The summed E-state index contributed by atoms with van der Waals surface area (Å²) in [5, 5.41) is 5.69. The van der Waals surface area contributed by atoms with Gasteiger partial charge in [-0.1, -0.05) is 18.2 Å². The minimum atomic E-state index is -0.338. The number of carbonyl (C=O) groups excluding carboxylic acids is 1. The zero-order chi connectivity index (χ0) is 17.6. The topological polar surface area (TPSA) is 54.0 Å². The number of hydrogen-bond donors (Lipinski definition) is 2. The summed E-state index contributed by atoms with van der Waals surface area (Å²) < 4.78 is 26.0. The molecule has 6 heteroatoms. The second kappa shape index (κ2) is 7.53. The molecule has 0 unspecified atom stereocenters. The Labute approximate surface area is 143 Å². The van der Waals surface area contributed by atoms with Gasteiger partial charge in [-0.15, -0.1) is 0 Å². The van der Waals surface area contributed by atoms with Gasteiger partial charge in [-0.05, 0) is 48.0 Å². The molecule has 0 fully saturated rings. The number of nitrogens with one attached hydrogen (secondary N) is 2. The van der Waals surface area contributed by atoms with Crippen molar-refractivity contribution in [2.75, 3.05) is 10.6 Å². The summed E-state index contributed by atoms with van der Waals surface area (Å²) in [4.78, 5) is 16.2. The van der Waals surface area contributed by atoms with Crippen molar-refractivity contribution in [2.45, 2.75) is 6.42 Å². The van der Waals surface area contributed by atoms with Gasteiger partial charge in [-0.3, -0.25) is 4.79 Å². The van der Waals surface area contributed by atoms with Crippen LogP contribution in [0.5, 0.6) is 0 Å². The van der Waals surface area contributed by atoms with Crippen LogP contribution in [0.1, 0.15) is 5.56 Å². The smallest absolute Gasteiger partial charge is 0.228 e. The average Bonchev–Trinajstić information content (AvgIpc) is 2.59. The maximum atomic E-state index is 13.1. The highest BCUT2D eigenvalue weighted by molar-refractivity contribution is 5.92. The van der Waals surface area contributed by atoms with Crippen LogP contribution in [0.3, 0.4) is 0 Å². The van der Waals surface area contributed by atoms with Crippen molar-refractivity contribution in [2.24, 2.45) is 0 Å². The molecule has 4 nitrogen and oxygen atoms in total. The number of anilines is 3. The zero-order valence-corrected chi connectivity index (χ0v) is 13.2. The van der Waals surface area contributed by atoms with E-state index in [2.05, 4.69) is 15.6 Å². The summed E-state index contributed by atoms with van der Waals surface area (Å²) in [7, 11) is 0. The molecular weight excluding hydrogens is 324 g/mol. The fourth-order valence-electron chi connectivity index (χ4n) is 2.25. The Bertz CT molecular complexity index is 865. The van der Waals surface area contributed by atoms with Gasteiger partial charge in [0.1, 0.15) is 17.5 Å². The third-order valence-electron chi connectivity index (χ3n) is 3.42. The molecule has 126 valence electrons. The molecule has 3 aromatic rings. The number of carbonyl (C=O) groups is 1. The molecule has 0 aliphatic rings. The lowest BCUT2D eigenvalue weighted by Crippen LogP contribution is -2.14. The number of benzene rings is 2. The van der Waals surface area contributed by atoms with Crippen LogP contribution >= 0.6 is 0 Å². The number of aromatic nitrogens is 1. The largest absolute Gasteiger partial charge is 0.340 e. The first-order valence-corrected chi connectivity index (χ1v) is 7.61. The Kier molecular flexibility index (Phi) is 4.99. The van der Waals surface area contributed by atoms with Gasteiger partial charge in [0.2, 0.25) is 5.91 Å². The Morgan fingerprint density at radius 3 is 2.40 bits per heavy atom. The molecule has 0 radical (unpaired) electrons. The maximum absolute atomic E-state index is 13.1. The van der Waals surface area contributed by atoms with Gasteiger partial charge >= 0.3 is 0 Å². The van der Waals surface area contributed by atoms with Gasteiger partial charge in [0.25, 0.3) is 0 Å². The van der Waals surface area contributed by atoms with Crippen molar-refractivity contribution in [3.63, 3.8) is 0 Å². The summed E-state index contributed by atoms with van der Waals surface area (Å²) in [6, 6.07) is 15.2. The third kappa shape index (κ3) is 4.84. The fourth-order valence-corrected chi connectivity index (χ4v) is 2.25. The van der Waals surface area contributed by atoms with Crippen LogP contribution in [0.25, 0.3) is 0 Å². The van der Waals surface area contributed by atoms with Gasteiger partial charge in [-0.25, -0.2) is 13.8 Å². The van der Waals surface area contributed by atoms with Crippen LogP contribution in [0.4, 0.5) is 26.0 Å². The number of nitrogens with zero attached hydrogens (tertiary/aromatic N) is 1. The van der Waals surface area contributed by atoms with E-state index in [-0.39, 0.29) is 24.0 Å². The average molecular weight is 339 g/mol. The summed E-state index contributed by atoms with van der Waals surface area (Å²) >= 11 is 0. The molecule has 0 saturated heterocycles. The summed E-state index contributed by atoms with van der Waals surface area (Å²) in [5.41, 5.74) is 1.84. The molecular formula is C19H15F2N3O. The lowest BCUT2D eigenvalue weighted by atomic mass is 10.1. The van der Waals surface area contributed by atoms with Crippen molar-refractivity contribution in [1.29, 1.82) is 0 Å². The first-order chi connectivity index (χ1) is 12.1. The number of hydrogen-bond acceptors (Lipinski definition) is 3. The molecule has 0 bridgehead atoms. The number of pyridine rings is 1. The van der Waals surface area contributed by atoms with E-state index in [9.17, 15) is 13.6 Å². The van der Waals surface area contributed by atoms with Crippen molar-refractivity contribution in [3.05, 3.63) is 84.1 Å². The molecule has 3 rings (SSSR count). The van der Waals surface area contributed by atoms with E-state index >= 15 is 0 Å². The predicted molar refractivity (Wildman–Crippen MR) is 92.7 cm³/mol. The molecule has 2 N–H and O–H groups in total. The van der Waals surface area contributed by atoms with Gasteiger partial charge < -0.3 is 10.6 Å². The van der Waals surface area contributed by atoms with Crippen LogP contribution in [-0.4, -0.2) is 10.9 Å². The number of amides is 1. The lowest BCUT2D eigenvalue weighted by Gasteiger charge is -2.08. The standard InChI is InChI=1S/C19H15F2N3O/c20-14-6-4-13(5-7-14)10-19(25)24-17-8-9-18(22-12-17)23-16-3-1-2-15(21)11-16/h1-9,11-12H,10H2,(H,22,23)(H,24,25). The molecule has 1 amide bonds. The second-order valence-corrected chi connectivity index (χ2v) is 5.42. The van der Waals surface area contributed by atoms with E-state index in [1.54, 1.807) is 36.4 Å². The van der Waals surface area contributed by atoms with Gasteiger partial charge in [0.15, 0.2) is 0 Å². The van der Waals surface area contributed by atoms with Crippen LogP contribution in [0, 0.1) is 11.6 Å². The van der Waals surface area contributed by atoms with Crippen LogP contribution < -0.4 is 10.6 Å². The number of rotatable bonds is 5. The van der Waals surface area contributed by atoms with E-state index in [0.29, 0.717) is 17.2 Å². The molecule has 1 heterocycles. The van der Waals surface area contributed by atoms with Gasteiger partial charge in [-0.2, -0.15) is 0 Å².